The lowest BCUT2D eigenvalue weighted by molar-refractivity contribution is -0.142. The van der Waals surface area contributed by atoms with Crippen molar-refractivity contribution >= 4 is 22.8 Å². The number of aliphatic carboxylic acids is 1. The van der Waals surface area contributed by atoms with Gasteiger partial charge in [0.25, 0.3) is 0 Å². The number of aromatic amines is 1. The SMILES string of the molecule is O=C(O)[C@H]1CC=CC[C@H]1c1nnc2c3[nH]cnc3ncn12. The Labute approximate surface area is 118 Å². The molecule has 8 heteroatoms. The van der Waals surface area contributed by atoms with Gasteiger partial charge in [-0.25, -0.2) is 9.97 Å². The quantitative estimate of drug-likeness (QED) is 0.683. The van der Waals surface area contributed by atoms with Crippen molar-refractivity contribution in [3.8, 4) is 0 Å². The number of hydrogen-bond acceptors (Lipinski definition) is 5. The summed E-state index contributed by atoms with van der Waals surface area (Å²) in [4.78, 5) is 22.8. The van der Waals surface area contributed by atoms with Gasteiger partial charge in [0.05, 0.1) is 12.2 Å². The fraction of sp³-hybridized carbons (Fsp3) is 0.308. The Balaban J connectivity index is 1.89. The molecule has 1 aliphatic carbocycles. The van der Waals surface area contributed by atoms with E-state index in [2.05, 4.69) is 25.1 Å². The van der Waals surface area contributed by atoms with Gasteiger partial charge >= 0.3 is 5.97 Å². The van der Waals surface area contributed by atoms with E-state index in [0.29, 0.717) is 35.5 Å². The lowest BCUT2D eigenvalue weighted by Gasteiger charge is -2.23. The van der Waals surface area contributed by atoms with Gasteiger partial charge in [-0.2, -0.15) is 0 Å². The maximum absolute atomic E-state index is 11.4. The zero-order valence-corrected chi connectivity index (χ0v) is 11.0. The van der Waals surface area contributed by atoms with Gasteiger partial charge in [0.1, 0.15) is 17.7 Å². The molecule has 3 heterocycles. The predicted octanol–water partition coefficient (Wildman–Crippen LogP) is 1.13. The molecule has 0 aromatic carbocycles. The summed E-state index contributed by atoms with van der Waals surface area (Å²) in [6.07, 6.45) is 8.20. The highest BCUT2D eigenvalue weighted by atomic mass is 16.4. The minimum atomic E-state index is -0.809. The number of nitrogens with zero attached hydrogens (tertiary/aromatic N) is 5. The molecule has 0 aliphatic heterocycles. The highest BCUT2D eigenvalue weighted by molar-refractivity contribution is 5.84. The molecule has 0 bridgehead atoms. The van der Waals surface area contributed by atoms with E-state index < -0.39 is 11.9 Å². The van der Waals surface area contributed by atoms with Crippen LogP contribution < -0.4 is 0 Å². The van der Waals surface area contributed by atoms with Crippen LogP contribution in [0.15, 0.2) is 24.8 Å². The molecular formula is C13H12N6O2. The van der Waals surface area contributed by atoms with Crippen molar-refractivity contribution in [3.63, 3.8) is 0 Å². The molecule has 4 rings (SSSR count). The first-order valence-corrected chi connectivity index (χ1v) is 6.66. The fourth-order valence-electron chi connectivity index (χ4n) is 2.87. The number of H-pyrrole nitrogens is 1. The Hall–Kier alpha value is -2.77. The largest absolute Gasteiger partial charge is 0.481 e. The normalized spacial score (nSPS) is 22.1. The number of aromatic nitrogens is 6. The van der Waals surface area contributed by atoms with Crippen molar-refractivity contribution in [3.05, 3.63) is 30.6 Å². The predicted molar refractivity (Wildman–Crippen MR) is 72.7 cm³/mol. The average Bonchev–Trinajstić information content (AvgIpc) is 3.12. The summed E-state index contributed by atoms with van der Waals surface area (Å²) >= 11 is 0. The molecule has 2 atom stereocenters. The van der Waals surface area contributed by atoms with E-state index in [-0.39, 0.29) is 5.92 Å². The van der Waals surface area contributed by atoms with Crippen LogP contribution in [0.2, 0.25) is 0 Å². The van der Waals surface area contributed by atoms with Crippen molar-refractivity contribution in [2.45, 2.75) is 18.8 Å². The van der Waals surface area contributed by atoms with Crippen LogP contribution in [0.4, 0.5) is 0 Å². The minimum Gasteiger partial charge on any atom is -0.481 e. The molecule has 1 aliphatic rings. The van der Waals surface area contributed by atoms with E-state index in [1.807, 2.05) is 12.2 Å². The van der Waals surface area contributed by atoms with Gasteiger partial charge in [0, 0.05) is 5.92 Å². The van der Waals surface area contributed by atoms with Gasteiger partial charge in [0.15, 0.2) is 11.3 Å². The monoisotopic (exact) mass is 284 g/mol. The minimum absolute atomic E-state index is 0.204. The summed E-state index contributed by atoms with van der Waals surface area (Å²) < 4.78 is 1.75. The molecule has 3 aromatic heterocycles. The van der Waals surface area contributed by atoms with E-state index in [0.717, 1.165) is 0 Å². The van der Waals surface area contributed by atoms with Crippen LogP contribution >= 0.6 is 0 Å². The third-order valence-electron chi connectivity index (χ3n) is 3.94. The fourth-order valence-corrected chi connectivity index (χ4v) is 2.87. The third kappa shape index (κ3) is 1.72. The second-order valence-corrected chi connectivity index (χ2v) is 5.09. The van der Waals surface area contributed by atoms with Gasteiger partial charge < -0.3 is 10.1 Å². The summed E-state index contributed by atoms with van der Waals surface area (Å²) in [7, 11) is 0. The van der Waals surface area contributed by atoms with Crippen LogP contribution in [-0.4, -0.2) is 40.6 Å². The Morgan fingerprint density at radius 2 is 2.14 bits per heavy atom. The second kappa shape index (κ2) is 4.37. The van der Waals surface area contributed by atoms with Gasteiger partial charge in [-0.05, 0) is 12.8 Å². The van der Waals surface area contributed by atoms with Crippen LogP contribution in [0.3, 0.4) is 0 Å². The van der Waals surface area contributed by atoms with Crippen molar-refractivity contribution in [1.29, 1.82) is 0 Å². The highest BCUT2D eigenvalue weighted by Gasteiger charge is 2.33. The first-order chi connectivity index (χ1) is 10.3. The van der Waals surface area contributed by atoms with Gasteiger partial charge in [0.2, 0.25) is 0 Å². The van der Waals surface area contributed by atoms with Crippen LogP contribution in [0.5, 0.6) is 0 Å². The van der Waals surface area contributed by atoms with Crippen LogP contribution in [0.1, 0.15) is 24.6 Å². The lowest BCUT2D eigenvalue weighted by atomic mass is 9.82. The molecule has 0 unspecified atom stereocenters. The lowest BCUT2D eigenvalue weighted by Crippen LogP contribution is -2.25. The molecule has 0 saturated carbocycles. The Morgan fingerprint density at radius 3 is 3.00 bits per heavy atom. The number of carbonyl (C=O) groups is 1. The molecule has 2 N–H and O–H groups in total. The maximum Gasteiger partial charge on any atom is 0.307 e. The Kier molecular flexibility index (Phi) is 2.50. The van der Waals surface area contributed by atoms with E-state index in [9.17, 15) is 9.90 Å². The summed E-state index contributed by atoms with van der Waals surface area (Å²) in [6.45, 7) is 0. The molecular weight excluding hydrogens is 272 g/mol. The number of carboxylic acid groups (broad SMARTS) is 1. The number of rotatable bonds is 2. The Morgan fingerprint density at radius 1 is 1.29 bits per heavy atom. The molecule has 0 spiro atoms. The number of hydrogen-bond donors (Lipinski definition) is 2. The van der Waals surface area contributed by atoms with Crippen molar-refractivity contribution in [2.75, 3.05) is 0 Å². The van der Waals surface area contributed by atoms with E-state index in [1.54, 1.807) is 17.1 Å². The molecule has 0 radical (unpaired) electrons. The topological polar surface area (TPSA) is 109 Å². The molecule has 0 amide bonds. The van der Waals surface area contributed by atoms with E-state index in [1.165, 1.54) is 0 Å². The number of imidazole rings is 1. The second-order valence-electron chi connectivity index (χ2n) is 5.09. The van der Waals surface area contributed by atoms with E-state index >= 15 is 0 Å². The first kappa shape index (κ1) is 12.0. The van der Waals surface area contributed by atoms with Crippen LogP contribution in [-0.2, 0) is 4.79 Å². The zero-order chi connectivity index (χ0) is 14.4. The Bertz CT molecular complexity index is 864. The van der Waals surface area contributed by atoms with Crippen molar-refractivity contribution in [2.24, 2.45) is 5.92 Å². The number of allylic oxidation sites excluding steroid dienone is 2. The maximum atomic E-state index is 11.4. The smallest absolute Gasteiger partial charge is 0.307 e. The molecule has 8 nitrogen and oxygen atoms in total. The summed E-state index contributed by atoms with van der Waals surface area (Å²) in [5, 5.41) is 17.8. The standard InChI is InChI=1S/C13H12N6O2/c20-13(21)8-4-2-1-3-7(8)11-17-18-12-9-10(15-5-14-9)16-6-19(11)12/h1-2,5-8H,3-4H2,(H,14,15)(H,20,21)/t7-,8+/m1/s1. The zero-order valence-electron chi connectivity index (χ0n) is 11.0. The van der Waals surface area contributed by atoms with Gasteiger partial charge in [-0.15, -0.1) is 10.2 Å². The third-order valence-corrected chi connectivity index (χ3v) is 3.94. The molecule has 106 valence electrons. The summed E-state index contributed by atoms with van der Waals surface area (Å²) in [6, 6.07) is 0. The summed E-state index contributed by atoms with van der Waals surface area (Å²) in [5.74, 6) is -0.869. The van der Waals surface area contributed by atoms with Crippen molar-refractivity contribution in [1.82, 2.24) is 29.5 Å². The first-order valence-electron chi connectivity index (χ1n) is 6.66. The molecule has 21 heavy (non-hydrogen) atoms. The highest BCUT2D eigenvalue weighted by Crippen LogP contribution is 2.34. The molecule has 0 saturated heterocycles. The van der Waals surface area contributed by atoms with Crippen molar-refractivity contribution < 1.29 is 9.90 Å². The molecule has 0 fully saturated rings. The summed E-state index contributed by atoms with van der Waals surface area (Å²) in [5.41, 5.74) is 1.89. The average molecular weight is 284 g/mol. The number of fused-ring (bicyclic) bond motifs is 3. The van der Waals surface area contributed by atoms with E-state index in [4.69, 9.17) is 0 Å². The van der Waals surface area contributed by atoms with Crippen LogP contribution in [0.25, 0.3) is 16.8 Å². The number of nitrogens with one attached hydrogen (secondary N) is 1. The molecule has 3 aromatic rings. The van der Waals surface area contributed by atoms with Gasteiger partial charge in [-0.1, -0.05) is 12.2 Å². The van der Waals surface area contributed by atoms with Gasteiger partial charge in [-0.3, -0.25) is 9.20 Å². The van der Waals surface area contributed by atoms with Crippen LogP contribution in [0, 0.1) is 5.92 Å². The number of carboxylic acids is 1.